The molecular formula is C18H23N5O. The minimum absolute atomic E-state index is 0.122. The molecule has 2 aromatic heterocycles. The van der Waals surface area contributed by atoms with Gasteiger partial charge in [-0.15, -0.1) is 0 Å². The second-order valence-electron chi connectivity index (χ2n) is 6.98. The molecule has 126 valence electrons. The molecule has 1 atom stereocenters. The Hall–Kier alpha value is -2.21. The Balaban J connectivity index is 1.53. The van der Waals surface area contributed by atoms with E-state index in [1.807, 2.05) is 25.4 Å². The Morgan fingerprint density at radius 2 is 2.25 bits per heavy atom. The van der Waals surface area contributed by atoms with Gasteiger partial charge in [-0.3, -0.25) is 15.1 Å². The Bertz CT molecular complexity index is 720. The van der Waals surface area contributed by atoms with E-state index >= 15 is 0 Å². The number of likely N-dealkylation sites (N-methyl/N-ethyl adjacent to an activating group) is 1. The predicted molar refractivity (Wildman–Crippen MR) is 90.1 cm³/mol. The first-order chi connectivity index (χ1) is 11.7. The average molecular weight is 325 g/mol. The fourth-order valence-corrected chi connectivity index (χ4v) is 4.16. The number of aromatic amines is 1. The minimum Gasteiger partial charge on any atom is -0.348 e. The number of amides is 1. The molecule has 0 aromatic carbocycles. The molecule has 1 aliphatic heterocycles. The van der Waals surface area contributed by atoms with Crippen molar-refractivity contribution in [3.8, 4) is 0 Å². The van der Waals surface area contributed by atoms with Crippen LogP contribution in [0.1, 0.15) is 42.6 Å². The SMILES string of the molecule is CN(Cc1cccnc1)C(=O)[C@@H]1Cc2[nH]cnc2C2(CCCC2)N1. The van der Waals surface area contributed by atoms with Gasteiger partial charge in [0, 0.05) is 38.1 Å². The molecule has 6 heteroatoms. The smallest absolute Gasteiger partial charge is 0.240 e. The van der Waals surface area contributed by atoms with Crippen LogP contribution in [0, 0.1) is 0 Å². The number of fused-ring (bicyclic) bond motifs is 2. The van der Waals surface area contributed by atoms with Crippen LogP contribution in [0.5, 0.6) is 0 Å². The van der Waals surface area contributed by atoms with Crippen LogP contribution in [-0.4, -0.2) is 38.8 Å². The van der Waals surface area contributed by atoms with Gasteiger partial charge < -0.3 is 9.88 Å². The van der Waals surface area contributed by atoms with Crippen molar-refractivity contribution < 1.29 is 4.79 Å². The Labute approximate surface area is 141 Å². The summed E-state index contributed by atoms with van der Waals surface area (Å²) in [7, 11) is 1.86. The Morgan fingerprint density at radius 3 is 3.00 bits per heavy atom. The third-order valence-electron chi connectivity index (χ3n) is 5.30. The number of imidazole rings is 1. The minimum atomic E-state index is -0.197. The highest BCUT2D eigenvalue weighted by atomic mass is 16.2. The summed E-state index contributed by atoms with van der Waals surface area (Å²) in [5, 5.41) is 3.65. The zero-order chi connectivity index (χ0) is 16.6. The number of carbonyl (C=O) groups excluding carboxylic acids is 1. The lowest BCUT2D eigenvalue weighted by molar-refractivity contribution is -0.133. The summed E-state index contributed by atoms with van der Waals surface area (Å²) in [5.41, 5.74) is 3.16. The standard InChI is InChI=1S/C18H23N5O/c1-23(11-13-5-4-8-19-10-13)17(24)15-9-14-16(21-12-20-14)18(22-15)6-2-3-7-18/h4-5,8,10,12,15,22H,2-3,6-7,9,11H2,1H3,(H,20,21)/t15-/m0/s1. The van der Waals surface area contributed by atoms with Gasteiger partial charge in [-0.25, -0.2) is 4.98 Å². The van der Waals surface area contributed by atoms with E-state index in [1.165, 1.54) is 12.8 Å². The van der Waals surface area contributed by atoms with Crippen molar-refractivity contribution in [1.29, 1.82) is 0 Å². The fraction of sp³-hybridized carbons (Fsp3) is 0.500. The van der Waals surface area contributed by atoms with Crippen molar-refractivity contribution in [1.82, 2.24) is 25.2 Å². The predicted octanol–water partition coefficient (Wildman–Crippen LogP) is 1.75. The van der Waals surface area contributed by atoms with E-state index in [2.05, 4.69) is 20.3 Å². The number of hydrogen-bond donors (Lipinski definition) is 2. The molecule has 1 saturated carbocycles. The van der Waals surface area contributed by atoms with Crippen molar-refractivity contribution in [3.05, 3.63) is 47.8 Å². The maximum absolute atomic E-state index is 13.0. The first-order valence-electron chi connectivity index (χ1n) is 8.62. The van der Waals surface area contributed by atoms with E-state index < -0.39 is 0 Å². The summed E-state index contributed by atoms with van der Waals surface area (Å²) in [5.74, 6) is 0.130. The van der Waals surface area contributed by atoms with E-state index in [4.69, 9.17) is 0 Å². The number of carbonyl (C=O) groups is 1. The molecule has 1 fully saturated rings. The second-order valence-corrected chi connectivity index (χ2v) is 6.98. The quantitative estimate of drug-likeness (QED) is 0.901. The zero-order valence-corrected chi connectivity index (χ0v) is 14.0. The lowest BCUT2D eigenvalue weighted by Crippen LogP contribution is -2.57. The van der Waals surface area contributed by atoms with Gasteiger partial charge in [0.05, 0.1) is 23.6 Å². The number of H-pyrrole nitrogens is 1. The molecular weight excluding hydrogens is 302 g/mol. The van der Waals surface area contributed by atoms with Crippen LogP contribution in [0.3, 0.4) is 0 Å². The number of hydrogen-bond acceptors (Lipinski definition) is 4. The molecule has 0 radical (unpaired) electrons. The van der Waals surface area contributed by atoms with Gasteiger partial charge in [0.15, 0.2) is 0 Å². The van der Waals surface area contributed by atoms with E-state index in [0.717, 1.165) is 29.8 Å². The topological polar surface area (TPSA) is 73.9 Å². The first kappa shape index (κ1) is 15.3. The lowest BCUT2D eigenvalue weighted by Gasteiger charge is -2.39. The summed E-state index contributed by atoms with van der Waals surface area (Å²) in [6.07, 6.45) is 10.5. The third kappa shape index (κ3) is 2.60. The van der Waals surface area contributed by atoms with Gasteiger partial charge in [-0.2, -0.15) is 0 Å². The highest BCUT2D eigenvalue weighted by Gasteiger charge is 2.46. The van der Waals surface area contributed by atoms with E-state index in [9.17, 15) is 4.79 Å². The van der Waals surface area contributed by atoms with Crippen LogP contribution in [0.15, 0.2) is 30.9 Å². The number of nitrogens with zero attached hydrogens (tertiary/aromatic N) is 3. The van der Waals surface area contributed by atoms with Crippen LogP contribution in [0.4, 0.5) is 0 Å². The Morgan fingerprint density at radius 1 is 1.42 bits per heavy atom. The van der Waals surface area contributed by atoms with Crippen molar-refractivity contribution >= 4 is 5.91 Å². The van der Waals surface area contributed by atoms with Crippen molar-refractivity contribution in [2.45, 2.75) is 50.2 Å². The Kier molecular flexibility index (Phi) is 3.84. The molecule has 0 saturated heterocycles. The van der Waals surface area contributed by atoms with Gasteiger partial charge >= 0.3 is 0 Å². The normalized spacial score (nSPS) is 21.6. The van der Waals surface area contributed by atoms with Crippen molar-refractivity contribution in [2.75, 3.05) is 7.05 Å². The highest BCUT2D eigenvalue weighted by molar-refractivity contribution is 5.82. The molecule has 6 nitrogen and oxygen atoms in total. The zero-order valence-electron chi connectivity index (χ0n) is 14.0. The van der Waals surface area contributed by atoms with Crippen LogP contribution >= 0.6 is 0 Å². The van der Waals surface area contributed by atoms with Gasteiger partial charge in [-0.1, -0.05) is 18.9 Å². The third-order valence-corrected chi connectivity index (χ3v) is 5.30. The van der Waals surface area contributed by atoms with Crippen molar-refractivity contribution in [3.63, 3.8) is 0 Å². The maximum atomic E-state index is 13.0. The fourth-order valence-electron chi connectivity index (χ4n) is 4.16. The van der Waals surface area contributed by atoms with E-state index in [1.54, 1.807) is 17.4 Å². The largest absolute Gasteiger partial charge is 0.348 e. The maximum Gasteiger partial charge on any atom is 0.240 e. The molecule has 1 spiro atoms. The summed E-state index contributed by atoms with van der Waals surface area (Å²) in [6, 6.07) is 3.70. The van der Waals surface area contributed by atoms with Crippen LogP contribution in [-0.2, 0) is 23.3 Å². The average Bonchev–Trinajstić information content (AvgIpc) is 3.25. The molecule has 2 N–H and O–H groups in total. The molecule has 1 aliphatic carbocycles. The summed E-state index contributed by atoms with van der Waals surface area (Å²) in [6.45, 7) is 0.577. The number of nitrogens with one attached hydrogen (secondary N) is 2. The van der Waals surface area contributed by atoms with Crippen LogP contribution in [0.25, 0.3) is 0 Å². The molecule has 2 aliphatic rings. The first-order valence-corrected chi connectivity index (χ1v) is 8.62. The molecule has 1 amide bonds. The molecule has 24 heavy (non-hydrogen) atoms. The van der Waals surface area contributed by atoms with Gasteiger partial charge in [0.25, 0.3) is 0 Å². The van der Waals surface area contributed by atoms with Gasteiger partial charge in [0.1, 0.15) is 0 Å². The van der Waals surface area contributed by atoms with E-state index in [-0.39, 0.29) is 17.5 Å². The number of aromatic nitrogens is 3. The number of rotatable bonds is 3. The molecule has 4 rings (SSSR count). The lowest BCUT2D eigenvalue weighted by atomic mass is 9.84. The summed E-state index contributed by atoms with van der Waals surface area (Å²) < 4.78 is 0. The van der Waals surface area contributed by atoms with Gasteiger partial charge in [0.2, 0.25) is 5.91 Å². The van der Waals surface area contributed by atoms with Gasteiger partial charge in [-0.05, 0) is 24.5 Å². The molecule has 3 heterocycles. The molecule has 0 bridgehead atoms. The van der Waals surface area contributed by atoms with E-state index in [0.29, 0.717) is 13.0 Å². The summed E-state index contributed by atoms with van der Waals surface area (Å²) in [4.78, 5) is 26.7. The summed E-state index contributed by atoms with van der Waals surface area (Å²) >= 11 is 0. The monoisotopic (exact) mass is 325 g/mol. The number of pyridine rings is 1. The second kappa shape index (κ2) is 6.02. The molecule has 0 unspecified atom stereocenters. The van der Waals surface area contributed by atoms with Crippen LogP contribution in [0.2, 0.25) is 0 Å². The molecule has 2 aromatic rings. The van der Waals surface area contributed by atoms with Crippen LogP contribution < -0.4 is 5.32 Å². The highest BCUT2D eigenvalue weighted by Crippen LogP contribution is 2.42. The van der Waals surface area contributed by atoms with Crippen molar-refractivity contribution in [2.24, 2.45) is 0 Å².